The lowest BCUT2D eigenvalue weighted by atomic mass is 9.89. The van der Waals surface area contributed by atoms with Crippen molar-refractivity contribution in [2.75, 3.05) is 19.6 Å². The lowest BCUT2D eigenvalue weighted by Gasteiger charge is -2.40. The van der Waals surface area contributed by atoms with E-state index in [1.165, 1.54) is 6.42 Å². The molecule has 0 aromatic rings. The van der Waals surface area contributed by atoms with Gasteiger partial charge in [-0.3, -0.25) is 9.69 Å². The standard InChI is InChI=1S/C16H32N2O2/c1-12(2)7-8-17-15-9-14(5-6-16(19)20)10-18(11-15)13(3)4/h12-15,17H,5-11H2,1-4H3,(H,19,20). The summed E-state index contributed by atoms with van der Waals surface area (Å²) >= 11 is 0. The first kappa shape index (κ1) is 17.4. The molecule has 1 rings (SSSR count). The van der Waals surface area contributed by atoms with Crippen LogP contribution in [-0.4, -0.2) is 47.7 Å². The summed E-state index contributed by atoms with van der Waals surface area (Å²) in [4.78, 5) is 13.2. The second kappa shape index (κ2) is 8.63. The zero-order valence-corrected chi connectivity index (χ0v) is 13.6. The second-order valence-electron chi connectivity index (χ2n) is 6.92. The van der Waals surface area contributed by atoms with E-state index in [2.05, 4.69) is 37.9 Å². The third-order valence-electron chi connectivity index (χ3n) is 4.22. The molecule has 0 saturated carbocycles. The average Bonchev–Trinajstić information content (AvgIpc) is 2.35. The summed E-state index contributed by atoms with van der Waals surface area (Å²) in [5, 5.41) is 12.5. The van der Waals surface area contributed by atoms with Gasteiger partial charge < -0.3 is 10.4 Å². The third kappa shape index (κ3) is 6.71. The van der Waals surface area contributed by atoms with Crippen LogP contribution < -0.4 is 5.32 Å². The molecule has 0 bridgehead atoms. The number of carboxylic acids is 1. The highest BCUT2D eigenvalue weighted by atomic mass is 16.4. The quantitative estimate of drug-likeness (QED) is 0.719. The van der Waals surface area contributed by atoms with Gasteiger partial charge in [0, 0.05) is 31.6 Å². The van der Waals surface area contributed by atoms with Crippen molar-refractivity contribution in [3.63, 3.8) is 0 Å². The maximum atomic E-state index is 10.8. The molecule has 1 saturated heterocycles. The number of rotatable bonds is 8. The highest BCUT2D eigenvalue weighted by molar-refractivity contribution is 5.66. The summed E-state index contributed by atoms with van der Waals surface area (Å²) in [7, 11) is 0. The fourth-order valence-electron chi connectivity index (χ4n) is 2.92. The van der Waals surface area contributed by atoms with E-state index in [0.717, 1.165) is 38.4 Å². The number of piperidine rings is 1. The first-order valence-corrected chi connectivity index (χ1v) is 8.07. The molecule has 2 atom stereocenters. The molecule has 0 aromatic heterocycles. The van der Waals surface area contributed by atoms with Crippen molar-refractivity contribution in [1.29, 1.82) is 0 Å². The molecule has 4 nitrogen and oxygen atoms in total. The first-order chi connectivity index (χ1) is 9.38. The van der Waals surface area contributed by atoms with Gasteiger partial charge >= 0.3 is 5.97 Å². The van der Waals surface area contributed by atoms with E-state index in [9.17, 15) is 4.79 Å². The molecule has 1 aliphatic rings. The summed E-state index contributed by atoms with van der Waals surface area (Å²) in [5.74, 6) is 0.574. The van der Waals surface area contributed by atoms with Gasteiger partial charge in [0.25, 0.3) is 0 Å². The minimum Gasteiger partial charge on any atom is -0.481 e. The Labute approximate surface area is 123 Å². The number of likely N-dealkylation sites (tertiary alicyclic amines) is 1. The van der Waals surface area contributed by atoms with E-state index >= 15 is 0 Å². The molecule has 1 heterocycles. The van der Waals surface area contributed by atoms with E-state index in [1.807, 2.05) is 0 Å². The van der Waals surface area contributed by atoms with Gasteiger partial charge in [-0.25, -0.2) is 0 Å². The number of carbonyl (C=O) groups is 1. The van der Waals surface area contributed by atoms with Crippen LogP contribution in [0.15, 0.2) is 0 Å². The zero-order chi connectivity index (χ0) is 15.1. The van der Waals surface area contributed by atoms with Gasteiger partial charge in [-0.05, 0) is 51.5 Å². The van der Waals surface area contributed by atoms with Crippen LogP contribution in [0.5, 0.6) is 0 Å². The van der Waals surface area contributed by atoms with Gasteiger partial charge in [-0.2, -0.15) is 0 Å². The summed E-state index contributed by atoms with van der Waals surface area (Å²) in [6.07, 6.45) is 3.43. The van der Waals surface area contributed by atoms with Crippen LogP contribution in [0.4, 0.5) is 0 Å². The Morgan fingerprint density at radius 3 is 2.55 bits per heavy atom. The van der Waals surface area contributed by atoms with Gasteiger partial charge in [0.15, 0.2) is 0 Å². The van der Waals surface area contributed by atoms with Crippen molar-refractivity contribution in [2.24, 2.45) is 11.8 Å². The Hall–Kier alpha value is -0.610. The minimum atomic E-state index is -0.670. The Morgan fingerprint density at radius 2 is 2.00 bits per heavy atom. The second-order valence-corrected chi connectivity index (χ2v) is 6.92. The first-order valence-electron chi connectivity index (χ1n) is 8.07. The molecule has 0 radical (unpaired) electrons. The fourth-order valence-corrected chi connectivity index (χ4v) is 2.92. The van der Waals surface area contributed by atoms with Gasteiger partial charge in [-0.15, -0.1) is 0 Å². The van der Waals surface area contributed by atoms with E-state index in [-0.39, 0.29) is 0 Å². The number of carboxylic acid groups (broad SMARTS) is 1. The normalized spacial score (nSPS) is 24.5. The Morgan fingerprint density at radius 1 is 1.30 bits per heavy atom. The van der Waals surface area contributed by atoms with Crippen LogP contribution in [0.2, 0.25) is 0 Å². The highest BCUT2D eigenvalue weighted by Crippen LogP contribution is 2.23. The molecule has 1 aliphatic heterocycles. The molecule has 4 heteroatoms. The summed E-state index contributed by atoms with van der Waals surface area (Å²) < 4.78 is 0. The van der Waals surface area contributed by atoms with Crippen LogP contribution in [0.1, 0.15) is 53.4 Å². The molecule has 0 amide bonds. The van der Waals surface area contributed by atoms with Gasteiger partial charge in [0.2, 0.25) is 0 Å². The molecule has 0 aromatic carbocycles. The van der Waals surface area contributed by atoms with Crippen LogP contribution in [0.25, 0.3) is 0 Å². The Balaban J connectivity index is 2.45. The van der Waals surface area contributed by atoms with Crippen molar-refractivity contribution in [1.82, 2.24) is 10.2 Å². The van der Waals surface area contributed by atoms with Gasteiger partial charge in [0.1, 0.15) is 0 Å². The number of hydrogen-bond acceptors (Lipinski definition) is 3. The maximum absolute atomic E-state index is 10.8. The van der Waals surface area contributed by atoms with Crippen molar-refractivity contribution >= 4 is 5.97 Å². The van der Waals surface area contributed by atoms with Crippen molar-refractivity contribution in [3.8, 4) is 0 Å². The van der Waals surface area contributed by atoms with Gasteiger partial charge in [-0.1, -0.05) is 13.8 Å². The number of hydrogen-bond donors (Lipinski definition) is 2. The van der Waals surface area contributed by atoms with E-state index in [1.54, 1.807) is 0 Å². The van der Waals surface area contributed by atoms with Crippen LogP contribution in [0, 0.1) is 11.8 Å². The molecular weight excluding hydrogens is 252 g/mol. The molecule has 20 heavy (non-hydrogen) atoms. The third-order valence-corrected chi connectivity index (χ3v) is 4.22. The largest absolute Gasteiger partial charge is 0.481 e. The summed E-state index contributed by atoms with van der Waals surface area (Å²) in [5.41, 5.74) is 0. The lowest BCUT2D eigenvalue weighted by Crippen LogP contribution is -2.51. The van der Waals surface area contributed by atoms with Crippen LogP contribution >= 0.6 is 0 Å². The van der Waals surface area contributed by atoms with Crippen LogP contribution in [0.3, 0.4) is 0 Å². The predicted molar refractivity (Wildman–Crippen MR) is 82.9 cm³/mol. The summed E-state index contributed by atoms with van der Waals surface area (Å²) in [6, 6.07) is 1.06. The molecule has 1 fully saturated rings. The lowest BCUT2D eigenvalue weighted by molar-refractivity contribution is -0.137. The predicted octanol–water partition coefficient (Wildman–Crippen LogP) is 2.59. The Kier molecular flexibility index (Phi) is 7.52. The molecule has 0 aliphatic carbocycles. The number of nitrogens with one attached hydrogen (secondary N) is 1. The van der Waals surface area contributed by atoms with Crippen LogP contribution in [-0.2, 0) is 4.79 Å². The number of nitrogens with zero attached hydrogens (tertiary/aromatic N) is 1. The monoisotopic (exact) mass is 284 g/mol. The molecular formula is C16H32N2O2. The molecule has 118 valence electrons. The van der Waals surface area contributed by atoms with Crippen molar-refractivity contribution < 1.29 is 9.90 Å². The summed E-state index contributed by atoms with van der Waals surface area (Å²) in [6.45, 7) is 12.2. The maximum Gasteiger partial charge on any atom is 0.303 e. The smallest absolute Gasteiger partial charge is 0.303 e. The highest BCUT2D eigenvalue weighted by Gasteiger charge is 2.28. The number of aliphatic carboxylic acids is 1. The van der Waals surface area contributed by atoms with E-state index < -0.39 is 5.97 Å². The van der Waals surface area contributed by atoms with E-state index in [0.29, 0.717) is 24.4 Å². The zero-order valence-electron chi connectivity index (χ0n) is 13.6. The minimum absolute atomic E-state index is 0.301. The SMILES string of the molecule is CC(C)CCNC1CC(CCC(=O)O)CN(C(C)C)C1. The fraction of sp³-hybridized carbons (Fsp3) is 0.938. The molecule has 2 N–H and O–H groups in total. The van der Waals surface area contributed by atoms with Crippen molar-refractivity contribution in [2.45, 2.75) is 65.5 Å². The molecule has 0 spiro atoms. The Bertz CT molecular complexity index is 292. The molecule has 2 unspecified atom stereocenters. The topological polar surface area (TPSA) is 52.6 Å². The van der Waals surface area contributed by atoms with E-state index in [4.69, 9.17) is 5.11 Å². The van der Waals surface area contributed by atoms with Gasteiger partial charge in [0.05, 0.1) is 0 Å². The average molecular weight is 284 g/mol. The van der Waals surface area contributed by atoms with Crippen molar-refractivity contribution in [3.05, 3.63) is 0 Å².